The molecule has 0 aromatic carbocycles. The van der Waals surface area contributed by atoms with Crippen LogP contribution in [0.2, 0.25) is 0 Å². The van der Waals surface area contributed by atoms with Crippen molar-refractivity contribution in [3.8, 4) is 0 Å². The molecule has 0 fully saturated rings. The number of nitrogens with zero attached hydrogens (tertiary/aromatic N) is 1. The average molecular weight is 139 g/mol. The molecule has 0 unspecified atom stereocenters. The third-order valence-electron chi connectivity index (χ3n) is 1.18. The lowest BCUT2D eigenvalue weighted by Gasteiger charge is -1.94. The maximum absolute atomic E-state index is 12.0. The second kappa shape index (κ2) is 3.06. The van der Waals surface area contributed by atoms with Crippen LogP contribution in [0.3, 0.4) is 0 Å². The fraction of sp³-hybridized carbons (Fsp3) is 0.143. The van der Waals surface area contributed by atoms with Crippen LogP contribution in [0.15, 0.2) is 18.3 Å². The fourth-order valence-electron chi connectivity index (χ4n) is 0.670. The van der Waals surface area contributed by atoms with Crippen LogP contribution in [0.25, 0.3) is 0 Å². The molecule has 10 heavy (non-hydrogen) atoms. The highest BCUT2D eigenvalue weighted by Crippen LogP contribution is 2.03. The average Bonchev–Trinajstić information content (AvgIpc) is 2.04. The van der Waals surface area contributed by atoms with Crippen LogP contribution in [-0.2, 0) is 6.67 Å². The van der Waals surface area contributed by atoms with Crippen molar-refractivity contribution in [2.24, 2.45) is 0 Å². The van der Waals surface area contributed by atoms with Crippen molar-refractivity contribution in [2.75, 3.05) is 0 Å². The third-order valence-corrected chi connectivity index (χ3v) is 1.18. The maximum Gasteiger partial charge on any atom is 0.168 e. The molecule has 0 aliphatic carbocycles. The Morgan fingerprint density at radius 2 is 2.50 bits per heavy atom. The molecule has 0 saturated carbocycles. The fourth-order valence-corrected chi connectivity index (χ4v) is 0.670. The molecule has 52 valence electrons. The first-order valence-electron chi connectivity index (χ1n) is 2.83. The number of carbonyl (C=O) groups excluding carboxylic acids is 1. The van der Waals surface area contributed by atoms with Crippen LogP contribution in [0, 0.1) is 0 Å². The Kier molecular flexibility index (Phi) is 2.10. The molecule has 0 aliphatic rings. The van der Waals surface area contributed by atoms with Crippen molar-refractivity contribution in [1.29, 1.82) is 0 Å². The molecule has 0 spiro atoms. The van der Waals surface area contributed by atoms with E-state index in [1.165, 1.54) is 12.3 Å². The van der Waals surface area contributed by atoms with Crippen LogP contribution < -0.4 is 0 Å². The Hall–Kier alpha value is -1.25. The number of carbonyl (C=O) groups is 1. The summed E-state index contributed by atoms with van der Waals surface area (Å²) in [5, 5.41) is 0. The summed E-state index contributed by atoms with van der Waals surface area (Å²) in [4.78, 5) is 13.8. The van der Waals surface area contributed by atoms with Crippen molar-refractivity contribution in [1.82, 2.24) is 4.98 Å². The summed E-state index contributed by atoms with van der Waals surface area (Å²) in [6.07, 6.45) is 2.01. The van der Waals surface area contributed by atoms with Crippen LogP contribution >= 0.6 is 0 Å². The Labute approximate surface area is 57.7 Å². The minimum Gasteiger partial charge on any atom is -0.296 e. The van der Waals surface area contributed by atoms with Gasteiger partial charge in [0.1, 0.15) is 12.4 Å². The van der Waals surface area contributed by atoms with Gasteiger partial charge in [0.15, 0.2) is 6.29 Å². The highest BCUT2D eigenvalue weighted by atomic mass is 19.1. The smallest absolute Gasteiger partial charge is 0.168 e. The molecule has 3 heteroatoms. The van der Waals surface area contributed by atoms with Crippen molar-refractivity contribution < 1.29 is 9.18 Å². The molecule has 1 rings (SSSR count). The van der Waals surface area contributed by atoms with E-state index in [0.29, 0.717) is 11.8 Å². The topological polar surface area (TPSA) is 30.0 Å². The molecule has 1 aromatic heterocycles. The lowest BCUT2D eigenvalue weighted by Crippen LogP contribution is -1.92. The zero-order chi connectivity index (χ0) is 7.40. The molecule has 0 N–H and O–H groups in total. The number of aromatic nitrogens is 1. The van der Waals surface area contributed by atoms with E-state index in [1.54, 1.807) is 6.07 Å². The van der Waals surface area contributed by atoms with Gasteiger partial charge in [0, 0.05) is 11.8 Å². The van der Waals surface area contributed by atoms with Crippen LogP contribution in [0.5, 0.6) is 0 Å². The molecule has 0 atom stereocenters. The lowest BCUT2D eigenvalue weighted by molar-refractivity contribution is 0.111. The Bertz CT molecular complexity index is 237. The summed E-state index contributed by atoms with van der Waals surface area (Å²) in [5.41, 5.74) is 0.530. The van der Waals surface area contributed by atoms with E-state index in [4.69, 9.17) is 0 Å². The largest absolute Gasteiger partial charge is 0.296 e. The first kappa shape index (κ1) is 6.86. The quantitative estimate of drug-likeness (QED) is 0.579. The van der Waals surface area contributed by atoms with E-state index in [9.17, 15) is 9.18 Å². The summed E-state index contributed by atoms with van der Waals surface area (Å²) in [6.45, 7) is -0.637. The van der Waals surface area contributed by atoms with Gasteiger partial charge < -0.3 is 0 Å². The van der Waals surface area contributed by atoms with E-state index in [0.717, 1.165) is 0 Å². The second-order valence-corrected chi connectivity index (χ2v) is 1.80. The van der Waals surface area contributed by atoms with Gasteiger partial charge >= 0.3 is 0 Å². The number of pyridine rings is 1. The van der Waals surface area contributed by atoms with E-state index in [1.807, 2.05) is 0 Å². The minimum atomic E-state index is -0.637. The van der Waals surface area contributed by atoms with Crippen molar-refractivity contribution in [3.05, 3.63) is 29.6 Å². The summed E-state index contributed by atoms with van der Waals surface area (Å²) in [5.74, 6) is 0. The monoisotopic (exact) mass is 139 g/mol. The predicted molar refractivity (Wildman–Crippen MR) is 34.4 cm³/mol. The first-order chi connectivity index (χ1) is 4.88. The molecule has 0 saturated heterocycles. The molecule has 0 amide bonds. The zero-order valence-corrected chi connectivity index (χ0v) is 5.25. The highest BCUT2D eigenvalue weighted by Gasteiger charge is 1.98. The summed E-state index contributed by atoms with van der Waals surface area (Å²) in [6, 6.07) is 3.14. The number of alkyl halides is 1. The van der Waals surface area contributed by atoms with E-state index < -0.39 is 6.67 Å². The van der Waals surface area contributed by atoms with Gasteiger partial charge in [-0.05, 0) is 6.07 Å². The van der Waals surface area contributed by atoms with E-state index in [2.05, 4.69) is 4.98 Å². The van der Waals surface area contributed by atoms with E-state index >= 15 is 0 Å². The van der Waals surface area contributed by atoms with Crippen molar-refractivity contribution in [3.63, 3.8) is 0 Å². The minimum absolute atomic E-state index is 0.185. The molecule has 0 radical (unpaired) electrons. The molecule has 2 nitrogen and oxygen atoms in total. The normalized spacial score (nSPS) is 9.30. The van der Waals surface area contributed by atoms with Gasteiger partial charge in [0.2, 0.25) is 0 Å². The number of hydrogen-bond acceptors (Lipinski definition) is 2. The van der Waals surface area contributed by atoms with Gasteiger partial charge in [0.25, 0.3) is 0 Å². The second-order valence-electron chi connectivity index (χ2n) is 1.80. The molecular formula is C7H6FNO. The molecule has 0 aliphatic heterocycles. The Morgan fingerprint density at radius 3 is 3.00 bits per heavy atom. The number of halogens is 1. The maximum atomic E-state index is 12.0. The Balaban J connectivity index is 3.08. The van der Waals surface area contributed by atoms with Crippen molar-refractivity contribution >= 4 is 6.29 Å². The van der Waals surface area contributed by atoms with Crippen LogP contribution in [0.4, 0.5) is 4.39 Å². The van der Waals surface area contributed by atoms with Gasteiger partial charge in [-0.25, -0.2) is 4.39 Å². The number of aldehydes is 1. The van der Waals surface area contributed by atoms with Gasteiger partial charge in [-0.2, -0.15) is 0 Å². The van der Waals surface area contributed by atoms with Gasteiger partial charge in [-0.15, -0.1) is 0 Å². The summed E-state index contributed by atoms with van der Waals surface area (Å²) >= 11 is 0. The Morgan fingerprint density at radius 1 is 1.70 bits per heavy atom. The van der Waals surface area contributed by atoms with Crippen LogP contribution in [0.1, 0.15) is 16.1 Å². The number of hydrogen-bond donors (Lipinski definition) is 0. The highest BCUT2D eigenvalue weighted by molar-refractivity contribution is 5.73. The van der Waals surface area contributed by atoms with Gasteiger partial charge in [0.05, 0.1) is 0 Å². The van der Waals surface area contributed by atoms with Gasteiger partial charge in [-0.3, -0.25) is 9.78 Å². The summed E-state index contributed by atoms with van der Waals surface area (Å²) < 4.78 is 12.0. The zero-order valence-electron chi connectivity index (χ0n) is 5.25. The number of rotatable bonds is 2. The predicted octanol–water partition coefficient (Wildman–Crippen LogP) is 1.36. The summed E-state index contributed by atoms with van der Waals surface area (Å²) in [7, 11) is 0. The molecule has 0 bridgehead atoms. The first-order valence-corrected chi connectivity index (χ1v) is 2.83. The SMILES string of the molecule is O=Cc1ncccc1CF. The molecular weight excluding hydrogens is 133 g/mol. The third kappa shape index (κ3) is 1.18. The lowest BCUT2D eigenvalue weighted by atomic mass is 10.2. The van der Waals surface area contributed by atoms with Crippen molar-refractivity contribution in [2.45, 2.75) is 6.67 Å². The van der Waals surface area contributed by atoms with Crippen LogP contribution in [-0.4, -0.2) is 11.3 Å². The molecule has 1 aromatic rings. The van der Waals surface area contributed by atoms with E-state index in [-0.39, 0.29) is 5.69 Å². The standard InChI is InChI=1S/C7H6FNO/c8-4-6-2-1-3-9-7(6)5-10/h1-3,5H,4H2. The van der Waals surface area contributed by atoms with Gasteiger partial charge in [-0.1, -0.05) is 6.07 Å². The molecule has 1 heterocycles.